The molecule has 0 aromatic carbocycles. The Kier molecular flexibility index (Phi) is 11.9. The van der Waals surface area contributed by atoms with Crippen LogP contribution in [0.3, 0.4) is 0 Å². The maximum Gasteiger partial charge on any atom is 0.222 e. The van der Waals surface area contributed by atoms with Crippen molar-refractivity contribution in [3.63, 3.8) is 0 Å². The van der Waals surface area contributed by atoms with Crippen molar-refractivity contribution in [2.75, 3.05) is 25.4 Å². The van der Waals surface area contributed by atoms with E-state index in [1.54, 1.807) is 0 Å². The van der Waals surface area contributed by atoms with Crippen LogP contribution in [0.4, 0.5) is 0 Å². The summed E-state index contributed by atoms with van der Waals surface area (Å²) in [6, 6.07) is -0.0230. The summed E-state index contributed by atoms with van der Waals surface area (Å²) in [7, 11) is -3.16. The topological polar surface area (TPSA) is 92.5 Å². The summed E-state index contributed by atoms with van der Waals surface area (Å²) in [5, 5.41) is 0. The van der Waals surface area contributed by atoms with E-state index < -0.39 is 10.0 Å². The first-order valence-electron chi connectivity index (χ1n) is 8.46. The maximum atomic E-state index is 12.1. The van der Waals surface area contributed by atoms with E-state index in [2.05, 4.69) is 4.72 Å². The van der Waals surface area contributed by atoms with E-state index in [1.165, 1.54) is 0 Å². The Morgan fingerprint density at radius 1 is 1.17 bits per heavy atom. The van der Waals surface area contributed by atoms with E-state index in [0.717, 1.165) is 32.2 Å². The summed E-state index contributed by atoms with van der Waals surface area (Å²) in [5.74, 6) is 0.372. The zero-order valence-electron chi connectivity index (χ0n) is 14.1. The van der Waals surface area contributed by atoms with Crippen LogP contribution in [0.25, 0.3) is 0 Å². The fraction of sp³-hybridized carbons (Fsp3) is 0.933. The van der Waals surface area contributed by atoms with Crippen LogP contribution in [0.1, 0.15) is 58.3 Å². The Labute approximate surface area is 147 Å². The van der Waals surface area contributed by atoms with Crippen LogP contribution in [0.2, 0.25) is 0 Å². The van der Waals surface area contributed by atoms with Gasteiger partial charge < -0.3 is 10.6 Å². The van der Waals surface area contributed by atoms with Crippen molar-refractivity contribution >= 4 is 28.3 Å². The SMILES string of the molecule is CCCS(=O)(=O)NC1CCN(C(=O)CCCCCCN)CC1.Cl. The number of carbonyl (C=O) groups is 1. The van der Waals surface area contributed by atoms with Gasteiger partial charge in [0.2, 0.25) is 15.9 Å². The molecule has 1 aliphatic rings. The molecule has 1 rings (SSSR count). The molecule has 1 heterocycles. The van der Waals surface area contributed by atoms with Crippen molar-refractivity contribution in [1.82, 2.24) is 9.62 Å². The highest BCUT2D eigenvalue weighted by molar-refractivity contribution is 7.89. The molecule has 1 aliphatic heterocycles. The van der Waals surface area contributed by atoms with Gasteiger partial charge in [-0.3, -0.25) is 4.79 Å². The molecule has 0 bridgehead atoms. The second-order valence-electron chi connectivity index (χ2n) is 6.04. The minimum Gasteiger partial charge on any atom is -0.343 e. The third-order valence-electron chi connectivity index (χ3n) is 4.01. The van der Waals surface area contributed by atoms with Crippen LogP contribution in [-0.4, -0.2) is 50.7 Å². The number of nitrogens with two attached hydrogens (primary N) is 1. The molecule has 1 fully saturated rings. The van der Waals surface area contributed by atoms with E-state index >= 15 is 0 Å². The number of sulfonamides is 1. The van der Waals surface area contributed by atoms with Crippen LogP contribution in [-0.2, 0) is 14.8 Å². The van der Waals surface area contributed by atoms with E-state index in [4.69, 9.17) is 5.73 Å². The van der Waals surface area contributed by atoms with Gasteiger partial charge in [0.15, 0.2) is 0 Å². The van der Waals surface area contributed by atoms with Gasteiger partial charge in [0.05, 0.1) is 5.75 Å². The number of nitrogens with one attached hydrogen (secondary N) is 1. The van der Waals surface area contributed by atoms with E-state index in [1.807, 2.05) is 11.8 Å². The number of carbonyl (C=O) groups excluding carboxylic acids is 1. The predicted octanol–water partition coefficient (Wildman–Crippen LogP) is 1.64. The molecule has 0 aliphatic carbocycles. The van der Waals surface area contributed by atoms with Gasteiger partial charge in [0, 0.05) is 25.6 Å². The van der Waals surface area contributed by atoms with Crippen molar-refractivity contribution in [2.24, 2.45) is 5.73 Å². The zero-order valence-corrected chi connectivity index (χ0v) is 15.8. The highest BCUT2D eigenvalue weighted by Gasteiger charge is 2.25. The van der Waals surface area contributed by atoms with Gasteiger partial charge in [0.25, 0.3) is 0 Å². The zero-order chi connectivity index (χ0) is 16.4. The Morgan fingerprint density at radius 3 is 2.35 bits per heavy atom. The molecule has 0 spiro atoms. The molecular formula is C15H32ClN3O3S. The van der Waals surface area contributed by atoms with Gasteiger partial charge in [0.1, 0.15) is 0 Å². The number of likely N-dealkylation sites (tertiary alicyclic amines) is 1. The molecule has 0 radical (unpaired) electrons. The lowest BCUT2D eigenvalue weighted by atomic mass is 10.1. The molecule has 8 heteroatoms. The van der Waals surface area contributed by atoms with Gasteiger partial charge >= 0.3 is 0 Å². The molecule has 0 atom stereocenters. The predicted molar refractivity (Wildman–Crippen MR) is 96.2 cm³/mol. The van der Waals surface area contributed by atoms with Crippen molar-refractivity contribution in [1.29, 1.82) is 0 Å². The first-order valence-corrected chi connectivity index (χ1v) is 10.1. The summed E-state index contributed by atoms with van der Waals surface area (Å²) in [6.07, 6.45) is 6.72. The first-order chi connectivity index (χ1) is 10.5. The number of halogens is 1. The number of unbranched alkanes of at least 4 members (excludes halogenated alkanes) is 3. The molecule has 23 heavy (non-hydrogen) atoms. The van der Waals surface area contributed by atoms with Gasteiger partial charge in [-0.1, -0.05) is 19.8 Å². The van der Waals surface area contributed by atoms with E-state index in [-0.39, 0.29) is 30.1 Å². The lowest BCUT2D eigenvalue weighted by Crippen LogP contribution is -2.46. The molecule has 0 aromatic heterocycles. The minimum atomic E-state index is -3.16. The lowest BCUT2D eigenvalue weighted by molar-refractivity contribution is -0.132. The van der Waals surface area contributed by atoms with Crippen molar-refractivity contribution in [3.05, 3.63) is 0 Å². The van der Waals surface area contributed by atoms with Crippen molar-refractivity contribution < 1.29 is 13.2 Å². The first kappa shape index (κ1) is 22.6. The lowest BCUT2D eigenvalue weighted by Gasteiger charge is -2.32. The second-order valence-corrected chi connectivity index (χ2v) is 7.92. The van der Waals surface area contributed by atoms with Gasteiger partial charge in [-0.05, 0) is 38.6 Å². The van der Waals surface area contributed by atoms with Crippen molar-refractivity contribution in [2.45, 2.75) is 64.3 Å². The van der Waals surface area contributed by atoms with Crippen LogP contribution in [0.5, 0.6) is 0 Å². The van der Waals surface area contributed by atoms with Gasteiger partial charge in [-0.2, -0.15) is 0 Å². The van der Waals surface area contributed by atoms with Crippen LogP contribution in [0.15, 0.2) is 0 Å². The quantitative estimate of drug-likeness (QED) is 0.572. The monoisotopic (exact) mass is 369 g/mol. The summed E-state index contributed by atoms with van der Waals surface area (Å²) < 4.78 is 26.2. The fourth-order valence-corrected chi connectivity index (χ4v) is 4.16. The van der Waals surface area contributed by atoms with Crippen LogP contribution in [0, 0.1) is 0 Å². The summed E-state index contributed by atoms with van der Waals surface area (Å²) in [4.78, 5) is 14.0. The molecule has 0 saturated carbocycles. The molecule has 0 aromatic rings. The van der Waals surface area contributed by atoms with Gasteiger partial charge in [-0.15, -0.1) is 12.4 Å². The standard InChI is InChI=1S/C15H31N3O3S.ClH/c1-2-13-22(20,21)17-14-8-11-18(12-9-14)15(19)7-5-3-4-6-10-16;/h14,17H,2-13,16H2,1H3;1H. The van der Waals surface area contributed by atoms with E-state index in [9.17, 15) is 13.2 Å². The average molecular weight is 370 g/mol. The molecule has 0 unspecified atom stereocenters. The van der Waals surface area contributed by atoms with E-state index in [0.29, 0.717) is 38.8 Å². The number of hydrogen-bond donors (Lipinski definition) is 2. The molecule has 138 valence electrons. The number of hydrogen-bond acceptors (Lipinski definition) is 4. The summed E-state index contributed by atoms with van der Waals surface area (Å²) >= 11 is 0. The Bertz CT molecular complexity index is 424. The van der Waals surface area contributed by atoms with Gasteiger partial charge in [-0.25, -0.2) is 13.1 Å². The molecule has 3 N–H and O–H groups in total. The average Bonchev–Trinajstić information content (AvgIpc) is 2.47. The largest absolute Gasteiger partial charge is 0.343 e. The highest BCUT2D eigenvalue weighted by Crippen LogP contribution is 2.14. The Balaban J connectivity index is 0.00000484. The van der Waals surface area contributed by atoms with Crippen molar-refractivity contribution in [3.8, 4) is 0 Å². The second kappa shape index (κ2) is 12.1. The minimum absolute atomic E-state index is 0. The normalized spacial score (nSPS) is 16.2. The fourth-order valence-electron chi connectivity index (χ4n) is 2.76. The third kappa shape index (κ3) is 9.49. The Hall–Kier alpha value is -0.370. The molecule has 6 nitrogen and oxygen atoms in total. The van der Waals surface area contributed by atoms with Crippen LogP contribution < -0.4 is 10.5 Å². The van der Waals surface area contributed by atoms with Crippen LogP contribution >= 0.6 is 12.4 Å². The highest BCUT2D eigenvalue weighted by atomic mass is 35.5. The Morgan fingerprint density at radius 2 is 1.78 bits per heavy atom. The number of piperidine rings is 1. The smallest absolute Gasteiger partial charge is 0.222 e. The molecule has 1 saturated heterocycles. The third-order valence-corrected chi connectivity index (χ3v) is 5.65. The molecular weight excluding hydrogens is 338 g/mol. The number of rotatable bonds is 10. The summed E-state index contributed by atoms with van der Waals surface area (Å²) in [6.45, 7) is 3.88. The maximum absolute atomic E-state index is 12.1. The molecule has 1 amide bonds. The number of nitrogens with zero attached hydrogens (tertiary/aromatic N) is 1. The number of amides is 1. The summed E-state index contributed by atoms with van der Waals surface area (Å²) in [5.41, 5.74) is 5.44.